The van der Waals surface area contributed by atoms with Crippen LogP contribution in [0.1, 0.15) is 25.5 Å². The highest BCUT2D eigenvalue weighted by Gasteiger charge is 2.22. The Balaban J connectivity index is 2.91. The second-order valence-corrected chi connectivity index (χ2v) is 5.83. The number of nitrogens with one attached hydrogen (secondary N) is 1. The Kier molecular flexibility index (Phi) is 5.04. The number of esters is 1. The highest BCUT2D eigenvalue weighted by Crippen LogP contribution is 2.16. The highest BCUT2D eigenvalue weighted by atomic mass is 32.2. The van der Waals surface area contributed by atoms with E-state index in [1.807, 2.05) is 0 Å². The molecule has 0 amide bonds. The minimum Gasteiger partial charge on any atom is -0.468 e. The first-order chi connectivity index (χ1) is 8.77. The van der Waals surface area contributed by atoms with Crippen molar-refractivity contribution in [1.29, 1.82) is 0 Å². The Bertz CT molecular complexity index is 536. The van der Waals surface area contributed by atoms with Gasteiger partial charge in [0.1, 0.15) is 6.04 Å². The summed E-state index contributed by atoms with van der Waals surface area (Å²) in [6.07, 6.45) is -0.668. The fraction of sp³-hybridized carbons (Fsp3) is 0.417. The molecule has 6 nitrogen and oxygen atoms in total. The normalized spacial score (nSPS) is 14.7. The number of hydrogen-bond acceptors (Lipinski definition) is 5. The van der Waals surface area contributed by atoms with Crippen LogP contribution < -0.4 is 4.72 Å². The molecule has 2 unspecified atom stereocenters. The highest BCUT2D eigenvalue weighted by molar-refractivity contribution is 7.89. The number of rotatable bonds is 5. The van der Waals surface area contributed by atoms with E-state index < -0.39 is 28.1 Å². The van der Waals surface area contributed by atoms with Crippen molar-refractivity contribution in [3.05, 3.63) is 29.8 Å². The first kappa shape index (κ1) is 15.6. The average molecular weight is 287 g/mol. The zero-order valence-electron chi connectivity index (χ0n) is 11.0. The number of methoxy groups -OCH3 is 1. The number of carbonyl (C=O) groups is 1. The topological polar surface area (TPSA) is 92.7 Å². The molecule has 0 aliphatic heterocycles. The van der Waals surface area contributed by atoms with Crippen LogP contribution in [0.3, 0.4) is 0 Å². The van der Waals surface area contributed by atoms with Gasteiger partial charge in [-0.2, -0.15) is 4.72 Å². The molecular formula is C12H17NO5S. The summed E-state index contributed by atoms with van der Waals surface area (Å²) in [5.41, 5.74) is 0.611. The van der Waals surface area contributed by atoms with Crippen LogP contribution in [-0.4, -0.2) is 32.6 Å². The lowest BCUT2D eigenvalue weighted by Gasteiger charge is -2.12. The summed E-state index contributed by atoms with van der Waals surface area (Å²) < 4.78 is 30.6. The van der Waals surface area contributed by atoms with Crippen LogP contribution in [0.5, 0.6) is 0 Å². The Hall–Kier alpha value is -1.44. The second kappa shape index (κ2) is 6.14. The maximum Gasteiger partial charge on any atom is 0.323 e. The molecule has 7 heteroatoms. The van der Waals surface area contributed by atoms with Crippen molar-refractivity contribution in [1.82, 2.24) is 4.72 Å². The van der Waals surface area contributed by atoms with Gasteiger partial charge in [-0.15, -0.1) is 0 Å². The third-order valence-electron chi connectivity index (χ3n) is 2.56. The molecular weight excluding hydrogens is 270 g/mol. The molecule has 106 valence electrons. The molecule has 0 aliphatic carbocycles. The minimum absolute atomic E-state index is 0.0210. The van der Waals surface area contributed by atoms with Gasteiger partial charge in [-0.3, -0.25) is 4.79 Å². The molecule has 0 aliphatic rings. The summed E-state index contributed by atoms with van der Waals surface area (Å²) in [5, 5.41) is 9.34. The van der Waals surface area contributed by atoms with Crippen molar-refractivity contribution < 1.29 is 23.1 Å². The van der Waals surface area contributed by atoms with Crippen LogP contribution in [-0.2, 0) is 19.6 Å². The maximum absolute atomic E-state index is 12.0. The third-order valence-corrected chi connectivity index (χ3v) is 4.12. The van der Waals surface area contributed by atoms with Gasteiger partial charge in [-0.1, -0.05) is 12.1 Å². The third kappa shape index (κ3) is 4.02. The van der Waals surface area contributed by atoms with E-state index in [9.17, 15) is 18.3 Å². The summed E-state index contributed by atoms with van der Waals surface area (Å²) >= 11 is 0. The smallest absolute Gasteiger partial charge is 0.323 e. The average Bonchev–Trinajstić information content (AvgIpc) is 2.37. The molecule has 0 spiro atoms. The summed E-state index contributed by atoms with van der Waals surface area (Å²) in [7, 11) is -2.60. The monoisotopic (exact) mass is 287 g/mol. The van der Waals surface area contributed by atoms with Gasteiger partial charge < -0.3 is 9.84 Å². The van der Waals surface area contributed by atoms with Crippen LogP contribution >= 0.6 is 0 Å². The molecule has 0 bridgehead atoms. The van der Waals surface area contributed by atoms with E-state index in [2.05, 4.69) is 9.46 Å². The molecule has 0 saturated carbocycles. The first-order valence-electron chi connectivity index (χ1n) is 5.66. The molecule has 1 aromatic carbocycles. The van der Waals surface area contributed by atoms with Gasteiger partial charge in [0, 0.05) is 0 Å². The minimum atomic E-state index is -3.79. The zero-order chi connectivity index (χ0) is 14.6. The van der Waals surface area contributed by atoms with Crippen molar-refractivity contribution in [3.63, 3.8) is 0 Å². The van der Waals surface area contributed by atoms with E-state index in [-0.39, 0.29) is 4.90 Å². The quantitative estimate of drug-likeness (QED) is 0.773. The molecule has 0 fully saturated rings. The summed E-state index contributed by atoms with van der Waals surface area (Å²) in [5.74, 6) is -0.663. The second-order valence-electron chi connectivity index (χ2n) is 4.11. The lowest BCUT2D eigenvalue weighted by Crippen LogP contribution is -2.39. The molecule has 19 heavy (non-hydrogen) atoms. The maximum atomic E-state index is 12.0. The lowest BCUT2D eigenvalue weighted by molar-refractivity contribution is -0.142. The Labute approximate surface area is 112 Å². The fourth-order valence-corrected chi connectivity index (χ4v) is 2.64. The van der Waals surface area contributed by atoms with E-state index in [4.69, 9.17) is 0 Å². The van der Waals surface area contributed by atoms with Crippen molar-refractivity contribution in [2.75, 3.05) is 7.11 Å². The number of aliphatic hydroxyl groups excluding tert-OH is 1. The van der Waals surface area contributed by atoms with Gasteiger partial charge >= 0.3 is 5.97 Å². The van der Waals surface area contributed by atoms with Crippen LogP contribution in [0.25, 0.3) is 0 Å². The standard InChI is InChI=1S/C12H17NO5S/c1-8(12(15)18-3)13-19(16,17)11-6-4-10(5-7-11)9(2)14/h4-9,13-14H,1-3H3. The Morgan fingerprint density at radius 3 is 2.21 bits per heavy atom. The van der Waals surface area contributed by atoms with E-state index in [1.54, 1.807) is 6.92 Å². The van der Waals surface area contributed by atoms with Crippen LogP contribution in [0.2, 0.25) is 0 Å². The SMILES string of the molecule is COC(=O)C(C)NS(=O)(=O)c1ccc(C(C)O)cc1. The molecule has 0 saturated heterocycles. The number of carbonyl (C=O) groups excluding carboxylic acids is 1. The lowest BCUT2D eigenvalue weighted by atomic mass is 10.1. The molecule has 0 heterocycles. The summed E-state index contributed by atoms with van der Waals surface area (Å²) in [4.78, 5) is 11.2. The van der Waals surface area contributed by atoms with Crippen molar-refractivity contribution in [3.8, 4) is 0 Å². The van der Waals surface area contributed by atoms with Crippen molar-refractivity contribution >= 4 is 16.0 Å². The van der Waals surface area contributed by atoms with Crippen molar-refractivity contribution in [2.24, 2.45) is 0 Å². The number of benzene rings is 1. The summed E-state index contributed by atoms with van der Waals surface area (Å²) in [6, 6.07) is 4.80. The van der Waals surface area contributed by atoms with E-state index >= 15 is 0 Å². The van der Waals surface area contributed by atoms with E-state index in [1.165, 1.54) is 38.3 Å². The van der Waals surface area contributed by atoms with Crippen LogP contribution in [0.4, 0.5) is 0 Å². The molecule has 0 radical (unpaired) electrons. The van der Waals surface area contributed by atoms with Crippen molar-refractivity contribution in [2.45, 2.75) is 30.9 Å². The molecule has 2 N–H and O–H groups in total. The predicted molar refractivity (Wildman–Crippen MR) is 68.9 cm³/mol. The zero-order valence-corrected chi connectivity index (χ0v) is 11.8. The van der Waals surface area contributed by atoms with Gasteiger partial charge in [-0.05, 0) is 31.5 Å². The van der Waals surface area contributed by atoms with Crippen LogP contribution in [0, 0.1) is 0 Å². The molecule has 1 aromatic rings. The number of aliphatic hydroxyl groups is 1. The van der Waals surface area contributed by atoms with Gasteiger partial charge in [0.25, 0.3) is 0 Å². The Morgan fingerprint density at radius 1 is 1.26 bits per heavy atom. The number of sulfonamides is 1. The van der Waals surface area contributed by atoms with Gasteiger partial charge in [0.15, 0.2) is 0 Å². The predicted octanol–water partition coefficient (Wildman–Crippen LogP) is 0.580. The summed E-state index contributed by atoms with van der Waals surface area (Å²) in [6.45, 7) is 2.98. The fourth-order valence-electron chi connectivity index (χ4n) is 1.45. The molecule has 2 atom stereocenters. The van der Waals surface area contributed by atoms with Gasteiger partial charge in [0.2, 0.25) is 10.0 Å². The molecule has 0 aromatic heterocycles. The number of hydrogen-bond donors (Lipinski definition) is 2. The van der Waals surface area contributed by atoms with Crippen LogP contribution in [0.15, 0.2) is 29.2 Å². The van der Waals surface area contributed by atoms with Gasteiger partial charge in [0.05, 0.1) is 18.1 Å². The largest absolute Gasteiger partial charge is 0.468 e. The van der Waals surface area contributed by atoms with E-state index in [0.717, 1.165) is 0 Å². The van der Waals surface area contributed by atoms with Gasteiger partial charge in [-0.25, -0.2) is 8.42 Å². The van der Waals surface area contributed by atoms with E-state index in [0.29, 0.717) is 5.56 Å². The number of ether oxygens (including phenoxy) is 1. The first-order valence-corrected chi connectivity index (χ1v) is 7.14. The molecule has 1 rings (SSSR count). The Morgan fingerprint density at radius 2 is 1.79 bits per heavy atom.